The zero-order valence-corrected chi connectivity index (χ0v) is 13.8. The lowest BCUT2D eigenvalue weighted by atomic mass is 9.84. The molecule has 3 rings (SSSR count). The van der Waals surface area contributed by atoms with Gasteiger partial charge in [-0.05, 0) is 36.2 Å². The molecule has 1 aliphatic heterocycles. The molecule has 0 bridgehead atoms. The number of carbonyl (C=O) groups is 1. The Bertz CT molecular complexity index is 678. The van der Waals surface area contributed by atoms with Crippen LogP contribution in [0.1, 0.15) is 35.1 Å². The molecule has 0 fully saturated rings. The summed E-state index contributed by atoms with van der Waals surface area (Å²) in [4.78, 5) is 13.9. The second-order valence-electron chi connectivity index (χ2n) is 6.17. The molecule has 0 unspecified atom stereocenters. The topological polar surface area (TPSA) is 29.5 Å². The first-order valence-electron chi connectivity index (χ1n) is 8.18. The van der Waals surface area contributed by atoms with Crippen LogP contribution in [-0.2, 0) is 22.5 Å². The van der Waals surface area contributed by atoms with Crippen molar-refractivity contribution in [2.75, 3.05) is 20.2 Å². The Hall–Kier alpha value is -2.13. The average Bonchev–Trinajstić information content (AvgIpc) is 2.55. The molecule has 2 aromatic carbocycles. The highest BCUT2D eigenvalue weighted by molar-refractivity contribution is 5.72. The van der Waals surface area contributed by atoms with Crippen molar-refractivity contribution >= 4 is 5.97 Å². The predicted octanol–water partition coefficient (Wildman–Crippen LogP) is 3.37. The maximum absolute atomic E-state index is 11.6. The van der Waals surface area contributed by atoms with Crippen molar-refractivity contribution in [3.63, 3.8) is 0 Å². The SMILES string of the molecule is CCOC(=O)Cc1ccc([C@@H]2CN(C)Cc3ccccc32)cc1. The van der Waals surface area contributed by atoms with Crippen molar-refractivity contribution in [2.45, 2.75) is 25.8 Å². The second-order valence-corrected chi connectivity index (χ2v) is 6.17. The van der Waals surface area contributed by atoms with Crippen molar-refractivity contribution in [2.24, 2.45) is 0 Å². The van der Waals surface area contributed by atoms with Gasteiger partial charge in [0.25, 0.3) is 0 Å². The van der Waals surface area contributed by atoms with Crippen LogP contribution in [0.25, 0.3) is 0 Å². The van der Waals surface area contributed by atoms with E-state index in [1.54, 1.807) is 0 Å². The van der Waals surface area contributed by atoms with Crippen molar-refractivity contribution < 1.29 is 9.53 Å². The van der Waals surface area contributed by atoms with Crippen LogP contribution in [0, 0.1) is 0 Å². The number of fused-ring (bicyclic) bond motifs is 1. The van der Waals surface area contributed by atoms with Crippen LogP contribution in [0.3, 0.4) is 0 Å². The van der Waals surface area contributed by atoms with Gasteiger partial charge < -0.3 is 9.64 Å². The van der Waals surface area contributed by atoms with E-state index in [0.29, 0.717) is 18.9 Å². The Kier molecular flexibility index (Phi) is 4.77. The molecule has 0 amide bonds. The van der Waals surface area contributed by atoms with Crippen LogP contribution in [0.4, 0.5) is 0 Å². The zero-order valence-electron chi connectivity index (χ0n) is 13.8. The molecule has 3 nitrogen and oxygen atoms in total. The Balaban J connectivity index is 1.81. The van der Waals surface area contributed by atoms with E-state index in [0.717, 1.165) is 18.7 Å². The van der Waals surface area contributed by atoms with Gasteiger partial charge in [-0.25, -0.2) is 0 Å². The Labute approximate surface area is 137 Å². The normalized spacial score (nSPS) is 17.6. The van der Waals surface area contributed by atoms with Gasteiger partial charge in [0.1, 0.15) is 0 Å². The van der Waals surface area contributed by atoms with E-state index in [4.69, 9.17) is 4.74 Å². The summed E-state index contributed by atoms with van der Waals surface area (Å²) in [6, 6.07) is 17.1. The predicted molar refractivity (Wildman–Crippen MR) is 91.4 cm³/mol. The van der Waals surface area contributed by atoms with Gasteiger partial charge in [-0.1, -0.05) is 48.5 Å². The summed E-state index contributed by atoms with van der Waals surface area (Å²) in [5.74, 6) is 0.226. The maximum Gasteiger partial charge on any atom is 0.310 e. The molecular formula is C20H23NO2. The molecule has 0 aromatic heterocycles. The summed E-state index contributed by atoms with van der Waals surface area (Å²) in [6.45, 7) is 4.29. The van der Waals surface area contributed by atoms with E-state index in [-0.39, 0.29) is 5.97 Å². The fraction of sp³-hybridized carbons (Fsp3) is 0.350. The van der Waals surface area contributed by atoms with E-state index < -0.39 is 0 Å². The van der Waals surface area contributed by atoms with Crippen molar-refractivity contribution in [3.05, 3.63) is 70.8 Å². The Morgan fingerprint density at radius 1 is 1.17 bits per heavy atom. The second kappa shape index (κ2) is 6.97. The van der Waals surface area contributed by atoms with E-state index in [1.807, 2.05) is 19.1 Å². The minimum absolute atomic E-state index is 0.164. The largest absolute Gasteiger partial charge is 0.466 e. The van der Waals surface area contributed by atoms with Crippen LogP contribution in [0.5, 0.6) is 0 Å². The molecule has 0 saturated heterocycles. The van der Waals surface area contributed by atoms with Gasteiger partial charge in [0.05, 0.1) is 13.0 Å². The standard InChI is InChI=1S/C20H23NO2/c1-3-23-20(22)12-15-8-10-16(11-9-15)19-14-21(2)13-17-6-4-5-7-18(17)19/h4-11,19H,3,12-14H2,1-2H3/t19-/m0/s1. The van der Waals surface area contributed by atoms with Crippen LogP contribution in [0.2, 0.25) is 0 Å². The number of likely N-dealkylation sites (N-methyl/N-ethyl adjacent to an activating group) is 1. The number of benzene rings is 2. The van der Waals surface area contributed by atoms with Crippen molar-refractivity contribution in [3.8, 4) is 0 Å². The summed E-state index contributed by atoms with van der Waals surface area (Å²) >= 11 is 0. The summed E-state index contributed by atoms with van der Waals surface area (Å²) in [5, 5.41) is 0. The molecule has 23 heavy (non-hydrogen) atoms. The van der Waals surface area contributed by atoms with E-state index >= 15 is 0 Å². The highest BCUT2D eigenvalue weighted by Gasteiger charge is 2.24. The van der Waals surface area contributed by atoms with Crippen LogP contribution >= 0.6 is 0 Å². The number of carbonyl (C=O) groups excluding carboxylic acids is 1. The molecule has 0 spiro atoms. The smallest absolute Gasteiger partial charge is 0.310 e. The van der Waals surface area contributed by atoms with Gasteiger partial charge >= 0.3 is 5.97 Å². The first kappa shape index (κ1) is 15.8. The number of hydrogen-bond donors (Lipinski definition) is 0. The molecule has 3 heteroatoms. The van der Waals surface area contributed by atoms with Gasteiger partial charge in [-0.3, -0.25) is 4.79 Å². The van der Waals surface area contributed by atoms with Gasteiger partial charge in [0.2, 0.25) is 0 Å². The fourth-order valence-electron chi connectivity index (χ4n) is 3.31. The molecule has 120 valence electrons. The monoisotopic (exact) mass is 309 g/mol. The highest BCUT2D eigenvalue weighted by Crippen LogP contribution is 2.32. The third kappa shape index (κ3) is 3.62. The van der Waals surface area contributed by atoms with Crippen LogP contribution < -0.4 is 0 Å². The molecule has 2 aromatic rings. The first-order chi connectivity index (χ1) is 11.2. The summed E-state index contributed by atoms with van der Waals surface area (Å²) in [5.41, 5.74) is 5.13. The van der Waals surface area contributed by atoms with Gasteiger partial charge in [0, 0.05) is 19.0 Å². The molecule has 0 saturated carbocycles. The lowest BCUT2D eigenvalue weighted by Gasteiger charge is -2.32. The molecule has 1 aliphatic rings. The summed E-state index contributed by atoms with van der Waals surface area (Å²) < 4.78 is 5.01. The number of ether oxygens (including phenoxy) is 1. The van der Waals surface area contributed by atoms with Crippen molar-refractivity contribution in [1.82, 2.24) is 4.90 Å². The van der Waals surface area contributed by atoms with E-state index in [9.17, 15) is 4.79 Å². The molecule has 0 radical (unpaired) electrons. The average molecular weight is 309 g/mol. The first-order valence-corrected chi connectivity index (χ1v) is 8.18. The van der Waals surface area contributed by atoms with Crippen molar-refractivity contribution in [1.29, 1.82) is 0 Å². The van der Waals surface area contributed by atoms with E-state index in [1.165, 1.54) is 16.7 Å². The molecule has 0 aliphatic carbocycles. The molecule has 0 N–H and O–H groups in total. The number of esters is 1. The van der Waals surface area contributed by atoms with Crippen LogP contribution in [0.15, 0.2) is 48.5 Å². The molecule has 1 heterocycles. The summed E-state index contributed by atoms with van der Waals surface area (Å²) in [7, 11) is 2.16. The summed E-state index contributed by atoms with van der Waals surface area (Å²) in [6.07, 6.45) is 0.343. The minimum atomic E-state index is -0.164. The lowest BCUT2D eigenvalue weighted by Crippen LogP contribution is -2.30. The minimum Gasteiger partial charge on any atom is -0.466 e. The Morgan fingerprint density at radius 2 is 1.91 bits per heavy atom. The fourth-order valence-corrected chi connectivity index (χ4v) is 3.31. The third-order valence-electron chi connectivity index (χ3n) is 4.40. The molecule has 1 atom stereocenters. The van der Waals surface area contributed by atoms with Gasteiger partial charge in [-0.2, -0.15) is 0 Å². The quantitative estimate of drug-likeness (QED) is 0.811. The Morgan fingerprint density at radius 3 is 2.65 bits per heavy atom. The van der Waals surface area contributed by atoms with Crippen LogP contribution in [-0.4, -0.2) is 31.1 Å². The van der Waals surface area contributed by atoms with Gasteiger partial charge in [-0.15, -0.1) is 0 Å². The maximum atomic E-state index is 11.6. The lowest BCUT2D eigenvalue weighted by molar-refractivity contribution is -0.142. The van der Waals surface area contributed by atoms with Gasteiger partial charge in [0.15, 0.2) is 0 Å². The third-order valence-corrected chi connectivity index (χ3v) is 4.40. The zero-order chi connectivity index (χ0) is 16.2. The van der Waals surface area contributed by atoms with E-state index in [2.05, 4.69) is 48.3 Å². The highest BCUT2D eigenvalue weighted by atomic mass is 16.5. The number of hydrogen-bond acceptors (Lipinski definition) is 3. The molecular weight excluding hydrogens is 286 g/mol. The number of nitrogens with zero attached hydrogens (tertiary/aromatic N) is 1. The number of rotatable bonds is 4.